The molecule has 1 saturated carbocycles. The standard InChI is InChI=1S/C16H23N3OS/c1-5-8-17-14-12-9(2)10(3)21-16(12)19-15(18-14)13(20-4)11-6-7-11/h11,13H,5-8H2,1-4H3,(H,17,18,19). The molecular weight excluding hydrogens is 282 g/mol. The van der Waals surface area contributed by atoms with Crippen molar-refractivity contribution in [2.45, 2.75) is 46.1 Å². The number of methoxy groups -OCH3 is 1. The summed E-state index contributed by atoms with van der Waals surface area (Å²) in [6.07, 6.45) is 3.57. The van der Waals surface area contributed by atoms with Gasteiger partial charge in [-0.1, -0.05) is 6.92 Å². The van der Waals surface area contributed by atoms with Crippen molar-refractivity contribution in [1.82, 2.24) is 9.97 Å². The summed E-state index contributed by atoms with van der Waals surface area (Å²) in [7, 11) is 1.76. The highest BCUT2D eigenvalue weighted by molar-refractivity contribution is 7.18. The van der Waals surface area contributed by atoms with Crippen molar-refractivity contribution < 1.29 is 4.74 Å². The van der Waals surface area contributed by atoms with E-state index in [2.05, 4.69) is 26.1 Å². The normalized spacial score (nSPS) is 16.4. The Balaban J connectivity index is 2.09. The van der Waals surface area contributed by atoms with E-state index in [1.54, 1.807) is 18.4 Å². The number of thiophene rings is 1. The summed E-state index contributed by atoms with van der Waals surface area (Å²) in [6.45, 7) is 7.41. The van der Waals surface area contributed by atoms with Crippen LogP contribution in [0.2, 0.25) is 0 Å². The molecule has 0 radical (unpaired) electrons. The van der Waals surface area contributed by atoms with Crippen LogP contribution in [0.25, 0.3) is 10.2 Å². The fourth-order valence-electron chi connectivity index (χ4n) is 2.67. The largest absolute Gasteiger partial charge is 0.373 e. The van der Waals surface area contributed by atoms with Crippen molar-refractivity contribution in [3.05, 3.63) is 16.3 Å². The van der Waals surface area contributed by atoms with Gasteiger partial charge >= 0.3 is 0 Å². The molecule has 0 aromatic carbocycles. The lowest BCUT2D eigenvalue weighted by Crippen LogP contribution is -2.12. The number of hydrogen-bond donors (Lipinski definition) is 1. The van der Waals surface area contributed by atoms with Crippen LogP contribution in [0, 0.1) is 19.8 Å². The molecule has 0 bridgehead atoms. The number of nitrogens with one attached hydrogen (secondary N) is 1. The van der Waals surface area contributed by atoms with E-state index in [9.17, 15) is 0 Å². The summed E-state index contributed by atoms with van der Waals surface area (Å²) in [5.74, 6) is 2.40. The molecule has 1 unspecified atom stereocenters. The lowest BCUT2D eigenvalue weighted by molar-refractivity contribution is 0.0776. The number of fused-ring (bicyclic) bond motifs is 1. The molecule has 4 nitrogen and oxygen atoms in total. The highest BCUT2D eigenvalue weighted by Crippen LogP contribution is 2.43. The second kappa shape index (κ2) is 5.89. The number of anilines is 1. The molecule has 1 fully saturated rings. The average Bonchev–Trinajstić information content (AvgIpc) is 3.25. The first-order chi connectivity index (χ1) is 10.2. The van der Waals surface area contributed by atoms with E-state index in [1.807, 2.05) is 0 Å². The number of ether oxygens (including phenoxy) is 1. The summed E-state index contributed by atoms with van der Waals surface area (Å²) >= 11 is 1.75. The second-order valence-corrected chi connectivity index (χ2v) is 7.02. The Kier molecular flexibility index (Phi) is 4.13. The van der Waals surface area contributed by atoms with E-state index in [0.29, 0.717) is 5.92 Å². The van der Waals surface area contributed by atoms with Gasteiger partial charge in [0.2, 0.25) is 0 Å². The zero-order chi connectivity index (χ0) is 15.0. The first-order valence-corrected chi connectivity index (χ1v) is 8.51. The summed E-state index contributed by atoms with van der Waals surface area (Å²) in [6, 6.07) is 0. The summed E-state index contributed by atoms with van der Waals surface area (Å²) in [5, 5.41) is 4.65. The quantitative estimate of drug-likeness (QED) is 0.867. The molecule has 1 atom stereocenters. The average molecular weight is 305 g/mol. The minimum atomic E-state index is 0.0410. The summed E-state index contributed by atoms with van der Waals surface area (Å²) in [4.78, 5) is 12.0. The Hall–Kier alpha value is -1.20. The molecule has 1 N–H and O–H groups in total. The van der Waals surface area contributed by atoms with Crippen molar-refractivity contribution in [1.29, 1.82) is 0 Å². The van der Waals surface area contributed by atoms with E-state index in [0.717, 1.165) is 29.4 Å². The molecule has 5 heteroatoms. The minimum Gasteiger partial charge on any atom is -0.373 e. The molecule has 2 heterocycles. The van der Waals surface area contributed by atoms with Crippen LogP contribution >= 0.6 is 11.3 Å². The SMILES string of the molecule is CCCNc1nc(C(OC)C2CC2)nc2sc(C)c(C)c12. The van der Waals surface area contributed by atoms with Crippen LogP contribution in [-0.4, -0.2) is 23.6 Å². The zero-order valence-electron chi connectivity index (χ0n) is 13.2. The van der Waals surface area contributed by atoms with E-state index in [-0.39, 0.29) is 6.10 Å². The van der Waals surface area contributed by atoms with Gasteiger partial charge in [-0.05, 0) is 44.6 Å². The van der Waals surface area contributed by atoms with Crippen molar-refractivity contribution >= 4 is 27.4 Å². The fraction of sp³-hybridized carbons (Fsp3) is 0.625. The van der Waals surface area contributed by atoms with Gasteiger partial charge in [0.05, 0.1) is 5.39 Å². The lowest BCUT2D eigenvalue weighted by Gasteiger charge is -2.15. The van der Waals surface area contributed by atoms with Crippen molar-refractivity contribution in [2.24, 2.45) is 5.92 Å². The molecule has 2 aromatic rings. The maximum absolute atomic E-state index is 5.66. The van der Waals surface area contributed by atoms with Crippen LogP contribution in [0.4, 0.5) is 5.82 Å². The molecule has 2 aromatic heterocycles. The van der Waals surface area contributed by atoms with Crippen LogP contribution in [0.15, 0.2) is 0 Å². The highest BCUT2D eigenvalue weighted by atomic mass is 32.1. The first kappa shape index (κ1) is 14.7. The van der Waals surface area contributed by atoms with Gasteiger partial charge in [-0.15, -0.1) is 11.3 Å². The van der Waals surface area contributed by atoms with Gasteiger partial charge in [-0.25, -0.2) is 9.97 Å². The topological polar surface area (TPSA) is 47.0 Å². The Bertz CT molecular complexity index is 648. The van der Waals surface area contributed by atoms with Crippen molar-refractivity contribution in [3.63, 3.8) is 0 Å². The molecule has 0 saturated heterocycles. The van der Waals surface area contributed by atoms with Crippen molar-refractivity contribution in [3.8, 4) is 0 Å². The predicted octanol–water partition coefficient (Wildman–Crippen LogP) is 4.23. The second-order valence-electron chi connectivity index (χ2n) is 5.81. The molecular formula is C16H23N3OS. The molecule has 0 aliphatic heterocycles. The molecule has 21 heavy (non-hydrogen) atoms. The van der Waals surface area contributed by atoms with E-state index >= 15 is 0 Å². The highest BCUT2D eigenvalue weighted by Gasteiger charge is 2.35. The number of hydrogen-bond acceptors (Lipinski definition) is 5. The Morgan fingerprint density at radius 3 is 2.71 bits per heavy atom. The van der Waals surface area contributed by atoms with Gasteiger partial charge in [-0.3, -0.25) is 0 Å². The van der Waals surface area contributed by atoms with E-state index in [4.69, 9.17) is 14.7 Å². The Morgan fingerprint density at radius 2 is 2.10 bits per heavy atom. The zero-order valence-corrected chi connectivity index (χ0v) is 14.0. The van der Waals surface area contributed by atoms with Crippen LogP contribution in [0.3, 0.4) is 0 Å². The minimum absolute atomic E-state index is 0.0410. The van der Waals surface area contributed by atoms with Gasteiger partial charge in [0, 0.05) is 18.5 Å². The number of rotatable bonds is 6. The number of aromatic nitrogens is 2. The number of nitrogens with zero attached hydrogens (tertiary/aromatic N) is 2. The van der Waals surface area contributed by atoms with Crippen LogP contribution in [0.5, 0.6) is 0 Å². The van der Waals surface area contributed by atoms with Crippen LogP contribution < -0.4 is 5.32 Å². The monoisotopic (exact) mass is 305 g/mol. The molecule has 3 rings (SSSR count). The molecule has 114 valence electrons. The van der Waals surface area contributed by atoms with Gasteiger partial charge in [0.1, 0.15) is 16.8 Å². The predicted molar refractivity (Wildman–Crippen MR) is 88.1 cm³/mol. The Morgan fingerprint density at radius 1 is 1.33 bits per heavy atom. The molecule has 0 spiro atoms. The van der Waals surface area contributed by atoms with Gasteiger partial charge in [0.25, 0.3) is 0 Å². The third-order valence-corrected chi connectivity index (χ3v) is 5.25. The Labute approximate surface area is 129 Å². The fourth-order valence-corrected chi connectivity index (χ4v) is 3.71. The maximum atomic E-state index is 5.66. The lowest BCUT2D eigenvalue weighted by atomic mass is 10.2. The molecule has 0 amide bonds. The van der Waals surface area contributed by atoms with Crippen LogP contribution in [0.1, 0.15) is 48.6 Å². The first-order valence-electron chi connectivity index (χ1n) is 7.70. The smallest absolute Gasteiger partial charge is 0.161 e. The molecule has 1 aliphatic carbocycles. The van der Waals surface area contributed by atoms with E-state index < -0.39 is 0 Å². The maximum Gasteiger partial charge on any atom is 0.161 e. The number of aryl methyl sites for hydroxylation is 2. The van der Waals surface area contributed by atoms with Gasteiger partial charge in [-0.2, -0.15) is 0 Å². The van der Waals surface area contributed by atoms with Crippen LogP contribution in [-0.2, 0) is 4.74 Å². The van der Waals surface area contributed by atoms with Gasteiger partial charge < -0.3 is 10.1 Å². The summed E-state index contributed by atoms with van der Waals surface area (Å²) < 4.78 is 5.66. The molecule has 1 aliphatic rings. The summed E-state index contributed by atoms with van der Waals surface area (Å²) in [5.41, 5.74) is 1.29. The van der Waals surface area contributed by atoms with E-state index in [1.165, 1.54) is 28.7 Å². The third kappa shape index (κ3) is 2.77. The third-order valence-electron chi connectivity index (χ3n) is 4.15. The van der Waals surface area contributed by atoms with Crippen molar-refractivity contribution in [2.75, 3.05) is 19.0 Å². The van der Waals surface area contributed by atoms with Gasteiger partial charge in [0.15, 0.2) is 5.82 Å².